The second kappa shape index (κ2) is 43.1. The topological polar surface area (TPSA) is 393 Å². The Labute approximate surface area is 750 Å². The minimum atomic E-state index is -4.12. The molecule has 9 rings (SSSR count). The number of nitrogens with zero attached hydrogens (tertiary/aromatic N) is 4. The predicted octanol–water partition coefficient (Wildman–Crippen LogP) is 10.4. The number of benzene rings is 6. The van der Waals surface area contributed by atoms with Crippen LogP contribution in [0.25, 0.3) is 21.5 Å². The Morgan fingerprint density at radius 3 is 1.23 bits per heavy atom. The van der Waals surface area contributed by atoms with Gasteiger partial charge in [-0.15, -0.1) is 6.58 Å². The molecule has 1 unspecified atom stereocenters. The van der Waals surface area contributed by atoms with Gasteiger partial charge in [0.15, 0.2) is 0 Å². The summed E-state index contributed by atoms with van der Waals surface area (Å²) in [6.45, 7) is 31.6. The fourth-order valence-electron chi connectivity index (χ4n) is 15.3. The summed E-state index contributed by atoms with van der Waals surface area (Å²) in [5, 5.41) is 30.5. The van der Waals surface area contributed by atoms with E-state index in [0.29, 0.717) is 53.0 Å². The van der Waals surface area contributed by atoms with Crippen molar-refractivity contribution in [2.24, 2.45) is 22.7 Å². The van der Waals surface area contributed by atoms with Crippen LogP contribution in [0, 0.1) is 22.7 Å². The molecule has 2 heterocycles. The normalized spacial score (nSPS) is 17.9. The Morgan fingerprint density at radius 1 is 0.461 bits per heavy atom. The summed E-state index contributed by atoms with van der Waals surface area (Å²) in [5.74, 6) is -7.80. The van der Waals surface area contributed by atoms with Crippen LogP contribution in [0.3, 0.4) is 0 Å². The van der Waals surface area contributed by atoms with Crippen LogP contribution in [0.1, 0.15) is 158 Å². The number of carboxylic acid groups (broad SMARTS) is 1. The molecule has 0 spiro atoms. The number of amides is 11. The lowest BCUT2D eigenvalue weighted by Gasteiger charge is -2.37. The van der Waals surface area contributed by atoms with Crippen LogP contribution < -0.4 is 46.1 Å². The number of likely N-dealkylation sites (tertiary alicyclic amines) is 2. The second-order valence-corrected chi connectivity index (χ2v) is 39.7. The summed E-state index contributed by atoms with van der Waals surface area (Å²) in [5.41, 5.74) is -1.41. The first-order chi connectivity index (χ1) is 60.1. The van der Waals surface area contributed by atoms with Gasteiger partial charge in [-0.05, 0) is 185 Å². The van der Waals surface area contributed by atoms with Crippen molar-refractivity contribution < 1.29 is 90.0 Å². The summed E-state index contributed by atoms with van der Waals surface area (Å²) in [4.78, 5) is 178. The molecule has 6 aromatic rings. The van der Waals surface area contributed by atoms with Gasteiger partial charge < -0.3 is 65.8 Å². The highest BCUT2D eigenvalue weighted by Crippen LogP contribution is 2.35. The minimum absolute atomic E-state index is 0.0151. The van der Waals surface area contributed by atoms with Crippen LogP contribution >= 0.6 is 0 Å². The van der Waals surface area contributed by atoms with Crippen molar-refractivity contribution in [1.29, 1.82) is 0 Å². The molecule has 6 aromatic carbocycles. The number of rotatable bonds is 38. The highest BCUT2D eigenvalue weighted by Gasteiger charge is 2.49. The zero-order valence-electron chi connectivity index (χ0n) is 76.3. The number of hydrogen-bond acceptors (Lipinski definition) is 18. The van der Waals surface area contributed by atoms with E-state index in [1.807, 2.05) is 84.9 Å². The van der Waals surface area contributed by atoms with Crippen LogP contribution in [0.5, 0.6) is 11.5 Å². The zero-order valence-corrected chi connectivity index (χ0v) is 77.1. The lowest BCUT2D eigenvalue weighted by molar-refractivity contribution is -0.145. The number of nitrogens with one attached hydrogen (secondary N) is 7. The molecular weight excluding hydrogens is 1660 g/mol. The van der Waals surface area contributed by atoms with Crippen LogP contribution in [0.4, 0.5) is 9.59 Å². The molecule has 3 fully saturated rings. The smallest absolute Gasteiger partial charge is 0.410 e. The van der Waals surface area contributed by atoms with E-state index in [1.165, 1.54) is 37.7 Å². The number of fused-ring (bicyclic) bond motifs is 2. The first-order valence-corrected chi connectivity index (χ1v) is 45.0. The Hall–Kier alpha value is -12.1. The van der Waals surface area contributed by atoms with Crippen molar-refractivity contribution in [2.45, 2.75) is 238 Å². The number of aliphatic carboxylic acids is 1. The van der Waals surface area contributed by atoms with E-state index < -0.39 is 175 Å². The lowest BCUT2D eigenvalue weighted by Crippen LogP contribution is -2.61. The van der Waals surface area contributed by atoms with Gasteiger partial charge in [0.2, 0.25) is 57.3 Å². The number of carbonyl (C=O) groups is 12. The quantitative estimate of drug-likeness (QED) is 0.0167. The van der Waals surface area contributed by atoms with Crippen LogP contribution in [0.15, 0.2) is 171 Å². The van der Waals surface area contributed by atoms with E-state index in [0.717, 1.165) is 31.3 Å². The Kier molecular flexibility index (Phi) is 33.5. The number of likely N-dealkylation sites (N-methyl/N-ethyl adjacent to an activating group) is 2. The summed E-state index contributed by atoms with van der Waals surface area (Å²) < 4.78 is 51.8. The molecule has 690 valence electrons. The molecule has 128 heavy (non-hydrogen) atoms. The molecular formula is C97H127N11O19S. The van der Waals surface area contributed by atoms with E-state index in [4.69, 9.17) is 18.9 Å². The molecule has 1 saturated carbocycles. The molecule has 11 amide bonds. The van der Waals surface area contributed by atoms with Gasteiger partial charge in [0.1, 0.15) is 96.3 Å². The van der Waals surface area contributed by atoms with E-state index in [2.05, 4.69) is 49.8 Å². The van der Waals surface area contributed by atoms with Crippen molar-refractivity contribution in [3.8, 4) is 11.5 Å². The average molecular weight is 1780 g/mol. The van der Waals surface area contributed by atoms with Gasteiger partial charge in [-0.2, -0.15) is 0 Å². The fourth-order valence-corrected chi connectivity index (χ4v) is 16.6. The number of sulfonamides is 1. The number of hydrogen-bond donors (Lipinski definition) is 8. The van der Waals surface area contributed by atoms with Crippen LogP contribution in [-0.2, 0) is 93.1 Å². The number of ether oxygens (including phenoxy) is 4. The minimum Gasteiger partial charge on any atom is -0.490 e. The largest absolute Gasteiger partial charge is 0.490 e. The van der Waals surface area contributed by atoms with Crippen molar-refractivity contribution in [3.63, 3.8) is 0 Å². The number of carboxylic acids is 1. The maximum atomic E-state index is 15.5. The Balaban J connectivity index is 0.923. The fraction of sp³-hybridized carbons (Fsp3) is 0.485. The zero-order chi connectivity index (χ0) is 94.1. The molecule has 2 aliphatic heterocycles. The molecule has 12 atom stereocenters. The molecule has 0 bridgehead atoms. The number of carbonyl (C=O) groups excluding carboxylic acids is 11. The van der Waals surface area contributed by atoms with Crippen molar-refractivity contribution >= 4 is 103 Å². The summed E-state index contributed by atoms with van der Waals surface area (Å²) >= 11 is 0. The summed E-state index contributed by atoms with van der Waals surface area (Å²) in [6.07, 6.45) is 6.32. The molecule has 30 nitrogen and oxygen atoms in total. The van der Waals surface area contributed by atoms with Crippen molar-refractivity contribution in [2.75, 3.05) is 40.4 Å². The predicted molar refractivity (Wildman–Crippen MR) is 488 cm³/mol. The first-order valence-electron chi connectivity index (χ1n) is 43.5. The second-order valence-electron chi connectivity index (χ2n) is 37.8. The van der Waals surface area contributed by atoms with Gasteiger partial charge in [-0.1, -0.05) is 182 Å². The molecule has 3 aliphatic rings. The van der Waals surface area contributed by atoms with E-state index in [1.54, 1.807) is 156 Å². The maximum Gasteiger partial charge on any atom is 0.410 e. The van der Waals surface area contributed by atoms with Gasteiger partial charge in [0.05, 0.1) is 5.25 Å². The lowest BCUT2D eigenvalue weighted by atomic mass is 9.85. The van der Waals surface area contributed by atoms with Gasteiger partial charge in [-0.25, -0.2) is 22.8 Å². The highest BCUT2D eigenvalue weighted by molar-refractivity contribution is 7.91. The maximum absolute atomic E-state index is 15.5. The monoisotopic (exact) mass is 1780 g/mol. The number of allylic oxidation sites excluding steroid dienone is 2. The highest BCUT2D eigenvalue weighted by atomic mass is 32.2. The summed E-state index contributed by atoms with van der Waals surface area (Å²) in [7, 11) is -1.31. The molecule has 2 saturated heterocycles. The Morgan fingerprint density at radius 2 is 0.836 bits per heavy atom. The third-order valence-corrected chi connectivity index (χ3v) is 24.7. The summed E-state index contributed by atoms with van der Waals surface area (Å²) in [6, 6.07) is 26.5. The van der Waals surface area contributed by atoms with Crippen molar-refractivity contribution in [1.82, 2.24) is 56.2 Å². The molecule has 0 aromatic heterocycles. The Bertz CT molecular complexity index is 5180. The van der Waals surface area contributed by atoms with Gasteiger partial charge in [0.25, 0.3) is 5.91 Å². The van der Waals surface area contributed by atoms with Crippen LogP contribution in [-0.4, -0.2) is 222 Å². The third-order valence-electron chi connectivity index (χ3n) is 22.8. The van der Waals surface area contributed by atoms with E-state index in [9.17, 15) is 47.1 Å². The van der Waals surface area contributed by atoms with Gasteiger partial charge in [-0.3, -0.25) is 57.7 Å². The standard InChI is InChI=1S/C97H127N11O19S/c1-19-27-65-55-78(107(57-65)89(116)80(94(5,6)7)102-82(109)59(3)105(17)92(120)126-96(11,12)13)87(114)100-75(54-64-34-40-68-30-22-24-32-70(68)50-64)85(112)101-77(91(118)119)52-62-37-43-72(44-38-62)125-48-26-25-28-66-56-79(108(58-66)90(117)81(95(8,9)10)103-83(110)60(4)106(18)93(121)127-97(14,15)16)88(115)99-74(53-63-33-39-67-29-21-23-31-69(67)49-63)84(111)98-76(86(113)104-128(122,123)73-45-46-73)51-61-35-41-71(42-36-61)124-47-20-2/h19-26,29-44,49-50,59-60,65-66,73-81H,1-2,27-28,45-48,51-58H2,3-18H3,(H,98,111)(H,99,115)(H,100,114)(H,101,112)(H,102,109)(H,103,110)(H,104,113)(H,118,119)/t59-,60-,65-,66-,74-,75-,76-,77?,78-,79-,80+,81+/m0/s1. The van der Waals surface area contributed by atoms with E-state index >= 15 is 24.0 Å². The molecule has 0 radical (unpaired) electrons. The van der Waals surface area contributed by atoms with Crippen molar-refractivity contribution in [3.05, 3.63) is 193 Å². The van der Waals surface area contributed by atoms with E-state index in [-0.39, 0.29) is 77.2 Å². The van der Waals surface area contributed by atoms with Gasteiger partial charge in [0, 0.05) is 52.9 Å². The molecule has 8 N–H and O–H groups in total. The van der Waals surface area contributed by atoms with Crippen LogP contribution in [0.2, 0.25) is 0 Å². The average Bonchev–Trinajstić information content (AvgIpc) is 1.61. The van der Waals surface area contributed by atoms with Gasteiger partial charge >= 0.3 is 18.2 Å². The SMILES string of the molecule is C=CCOc1ccc(C[C@H](NC(=O)[C@H](Cc2ccc3ccccc3c2)NC(=O)[C@@H]2C[C@H](CC=CCOc3ccc(CC(NC(=O)[C@H](Cc4ccc5ccccc5c4)NC(=O)[C@@H]4C[C@H](CC=C)CN4C(=O)[C@@H](NC(=O)[C@H](C)N(C)C(=O)OC(C)(C)C)C(C)(C)C)C(=O)O)cc3)CN2C(=O)[C@@H](NC(=O)[C@H](C)N(C)C(=O)OC(C)(C)C)C(C)(C)C)C(=O)NS(=O)(=O)C2CC2)cc1. The molecule has 31 heteroatoms. The first kappa shape index (κ1) is 99.6. The molecule has 1 aliphatic carbocycles. The third kappa shape index (κ3) is 28.2.